The van der Waals surface area contributed by atoms with E-state index in [1.165, 1.54) is 7.11 Å². The molecule has 0 unspecified atom stereocenters. The topological polar surface area (TPSA) is 66.9 Å². The molecule has 1 saturated heterocycles. The van der Waals surface area contributed by atoms with Crippen LogP contribution in [0.1, 0.15) is 33.3 Å². The zero-order chi connectivity index (χ0) is 17.3. The fraction of sp³-hybridized carbons (Fsp3) is 0.625. The van der Waals surface area contributed by atoms with Gasteiger partial charge in [-0.25, -0.2) is 4.98 Å². The number of aromatic nitrogens is 1. The van der Waals surface area contributed by atoms with Crippen LogP contribution in [-0.4, -0.2) is 44.0 Å². The van der Waals surface area contributed by atoms with Gasteiger partial charge in [-0.1, -0.05) is 0 Å². The summed E-state index contributed by atoms with van der Waals surface area (Å²) in [7, 11) is 0.961. The first-order valence-corrected chi connectivity index (χ1v) is 7.62. The SMILES string of the molecule is COC(=O)C(C)(C)COc1cc(C)c(B2OCC(C)(C)O2)cn1. The molecule has 1 aliphatic rings. The van der Waals surface area contributed by atoms with E-state index in [4.69, 9.17) is 18.8 Å². The van der Waals surface area contributed by atoms with Gasteiger partial charge >= 0.3 is 13.1 Å². The summed E-state index contributed by atoms with van der Waals surface area (Å²) >= 11 is 0. The third-order valence-corrected chi connectivity index (χ3v) is 3.71. The molecule has 0 amide bonds. The molecule has 2 heterocycles. The molecular weight excluding hydrogens is 297 g/mol. The minimum atomic E-state index is -0.731. The molecular formula is C16H24BNO5. The molecule has 0 atom stereocenters. The largest absolute Gasteiger partial charge is 0.496 e. The lowest BCUT2D eigenvalue weighted by Crippen LogP contribution is -2.36. The molecule has 1 aliphatic heterocycles. The van der Waals surface area contributed by atoms with Gasteiger partial charge in [-0.2, -0.15) is 0 Å². The van der Waals surface area contributed by atoms with E-state index < -0.39 is 12.5 Å². The van der Waals surface area contributed by atoms with E-state index >= 15 is 0 Å². The summed E-state index contributed by atoms with van der Waals surface area (Å²) in [5, 5.41) is 0. The number of carbonyl (C=O) groups excluding carboxylic acids is 1. The number of methoxy groups -OCH3 is 1. The normalized spacial score (nSPS) is 17.2. The van der Waals surface area contributed by atoms with E-state index in [2.05, 4.69) is 4.98 Å². The van der Waals surface area contributed by atoms with E-state index in [1.54, 1.807) is 20.0 Å². The first-order chi connectivity index (χ1) is 10.6. The predicted octanol–water partition coefficient (Wildman–Crippen LogP) is 1.49. The smallest absolute Gasteiger partial charge is 0.476 e. The van der Waals surface area contributed by atoms with Crippen LogP contribution in [0, 0.1) is 12.3 Å². The highest BCUT2D eigenvalue weighted by Crippen LogP contribution is 2.22. The van der Waals surface area contributed by atoms with Gasteiger partial charge in [0.05, 0.1) is 24.7 Å². The minimum absolute atomic E-state index is 0.189. The molecule has 6 nitrogen and oxygen atoms in total. The lowest BCUT2D eigenvalue weighted by molar-refractivity contribution is -0.152. The van der Waals surface area contributed by atoms with Crippen molar-refractivity contribution in [2.75, 3.05) is 20.3 Å². The Morgan fingerprint density at radius 3 is 2.70 bits per heavy atom. The van der Waals surface area contributed by atoms with E-state index in [1.807, 2.05) is 26.8 Å². The van der Waals surface area contributed by atoms with E-state index in [-0.39, 0.29) is 18.2 Å². The molecule has 23 heavy (non-hydrogen) atoms. The zero-order valence-corrected chi connectivity index (χ0v) is 14.6. The van der Waals surface area contributed by atoms with Crippen molar-refractivity contribution in [2.24, 2.45) is 5.41 Å². The maximum absolute atomic E-state index is 11.7. The van der Waals surface area contributed by atoms with Gasteiger partial charge in [0.2, 0.25) is 5.88 Å². The van der Waals surface area contributed by atoms with E-state index in [0.29, 0.717) is 12.5 Å². The fourth-order valence-corrected chi connectivity index (χ4v) is 2.24. The summed E-state index contributed by atoms with van der Waals surface area (Å²) in [6.07, 6.45) is 1.70. The molecule has 1 fully saturated rings. The molecule has 0 radical (unpaired) electrons. The molecule has 1 aromatic rings. The molecule has 0 saturated carbocycles. The van der Waals surface area contributed by atoms with Crippen molar-refractivity contribution in [3.8, 4) is 5.88 Å². The van der Waals surface area contributed by atoms with Gasteiger partial charge < -0.3 is 18.8 Å². The summed E-state index contributed by atoms with van der Waals surface area (Å²) in [5.74, 6) is 0.140. The van der Waals surface area contributed by atoms with Crippen molar-refractivity contribution in [1.82, 2.24) is 4.98 Å². The zero-order valence-electron chi connectivity index (χ0n) is 14.6. The second kappa shape index (κ2) is 6.49. The van der Waals surface area contributed by atoms with Crippen LogP contribution in [0.5, 0.6) is 5.88 Å². The number of hydrogen-bond donors (Lipinski definition) is 0. The molecule has 0 spiro atoms. The van der Waals surface area contributed by atoms with Gasteiger partial charge in [-0.15, -0.1) is 0 Å². The molecule has 2 rings (SSSR count). The van der Waals surface area contributed by atoms with Crippen LogP contribution < -0.4 is 10.2 Å². The Labute approximate surface area is 137 Å². The van der Waals surface area contributed by atoms with Crippen LogP contribution in [0.4, 0.5) is 0 Å². The highest BCUT2D eigenvalue weighted by atomic mass is 16.7. The molecule has 0 N–H and O–H groups in total. The lowest BCUT2D eigenvalue weighted by atomic mass is 9.77. The maximum atomic E-state index is 11.7. The van der Waals surface area contributed by atoms with Crippen molar-refractivity contribution in [1.29, 1.82) is 0 Å². The van der Waals surface area contributed by atoms with Crippen molar-refractivity contribution in [3.63, 3.8) is 0 Å². The van der Waals surface area contributed by atoms with Gasteiger partial charge in [0.25, 0.3) is 0 Å². The third kappa shape index (κ3) is 4.23. The van der Waals surface area contributed by atoms with Gasteiger partial charge in [-0.05, 0) is 40.2 Å². The Kier molecular flexibility index (Phi) is 5.01. The Morgan fingerprint density at radius 2 is 2.17 bits per heavy atom. The summed E-state index contributed by atoms with van der Waals surface area (Å²) in [5.41, 5.74) is 0.824. The van der Waals surface area contributed by atoms with Crippen molar-refractivity contribution in [3.05, 3.63) is 17.8 Å². The van der Waals surface area contributed by atoms with Crippen LogP contribution in [-0.2, 0) is 18.8 Å². The number of pyridine rings is 1. The molecule has 1 aromatic heterocycles. The standard InChI is InChI=1S/C16H24BNO5/c1-11-7-13(21-9-15(2,3)14(19)20-6)18-8-12(11)17-22-10-16(4,5)23-17/h7-8H,9-10H2,1-6H3. The minimum Gasteiger partial charge on any atom is -0.476 e. The van der Waals surface area contributed by atoms with Crippen LogP contribution in [0.15, 0.2) is 12.3 Å². The lowest BCUT2D eigenvalue weighted by Gasteiger charge is -2.21. The molecule has 126 valence electrons. The number of aryl methyl sites for hydroxylation is 1. The van der Waals surface area contributed by atoms with Crippen molar-refractivity contribution in [2.45, 2.75) is 40.2 Å². The molecule has 0 bridgehead atoms. The van der Waals surface area contributed by atoms with Gasteiger partial charge in [0.15, 0.2) is 0 Å². The Bertz CT molecular complexity index is 588. The molecule has 7 heteroatoms. The van der Waals surface area contributed by atoms with Crippen molar-refractivity contribution < 1.29 is 23.6 Å². The fourth-order valence-electron chi connectivity index (χ4n) is 2.24. The first kappa shape index (κ1) is 17.8. The summed E-state index contributed by atoms with van der Waals surface area (Å²) in [4.78, 5) is 15.9. The van der Waals surface area contributed by atoms with E-state index in [0.717, 1.165) is 11.0 Å². The quantitative estimate of drug-likeness (QED) is 0.605. The van der Waals surface area contributed by atoms with Crippen LogP contribution in [0.25, 0.3) is 0 Å². The number of esters is 1. The number of nitrogens with zero attached hydrogens (tertiary/aromatic N) is 1. The van der Waals surface area contributed by atoms with E-state index in [9.17, 15) is 4.79 Å². The first-order valence-electron chi connectivity index (χ1n) is 7.62. The highest BCUT2D eigenvalue weighted by Gasteiger charge is 2.39. The highest BCUT2D eigenvalue weighted by molar-refractivity contribution is 6.62. The second-order valence-corrected chi connectivity index (χ2v) is 7.06. The Balaban J connectivity index is 2.04. The summed E-state index contributed by atoms with van der Waals surface area (Å²) in [6.45, 7) is 10.2. The average Bonchev–Trinajstić information content (AvgIpc) is 2.84. The second-order valence-electron chi connectivity index (χ2n) is 7.06. The summed E-state index contributed by atoms with van der Waals surface area (Å²) < 4.78 is 21.9. The Morgan fingerprint density at radius 1 is 1.48 bits per heavy atom. The number of ether oxygens (including phenoxy) is 2. The number of carbonyl (C=O) groups is 1. The Hall–Kier alpha value is -1.60. The van der Waals surface area contributed by atoms with Gasteiger partial charge in [0, 0.05) is 17.7 Å². The van der Waals surface area contributed by atoms with Crippen LogP contribution >= 0.6 is 0 Å². The number of rotatable bonds is 5. The molecule has 0 aromatic carbocycles. The van der Waals surface area contributed by atoms with Gasteiger partial charge in [-0.3, -0.25) is 4.79 Å². The van der Waals surface area contributed by atoms with Crippen LogP contribution in [0.3, 0.4) is 0 Å². The average molecular weight is 321 g/mol. The molecule has 0 aliphatic carbocycles. The maximum Gasteiger partial charge on any atom is 0.496 e. The summed E-state index contributed by atoms with van der Waals surface area (Å²) in [6, 6.07) is 1.82. The number of hydrogen-bond acceptors (Lipinski definition) is 6. The van der Waals surface area contributed by atoms with Crippen LogP contribution in [0.2, 0.25) is 0 Å². The predicted molar refractivity (Wildman–Crippen MR) is 86.8 cm³/mol. The monoisotopic (exact) mass is 321 g/mol. The van der Waals surface area contributed by atoms with Gasteiger partial charge in [0.1, 0.15) is 6.61 Å². The van der Waals surface area contributed by atoms with Crippen molar-refractivity contribution >= 4 is 18.6 Å². The third-order valence-electron chi connectivity index (χ3n) is 3.71.